The van der Waals surface area contributed by atoms with Gasteiger partial charge >= 0.3 is 0 Å². The fraction of sp³-hybridized carbons (Fsp3) is 0.286. The van der Waals surface area contributed by atoms with Crippen molar-refractivity contribution in [1.29, 1.82) is 0 Å². The van der Waals surface area contributed by atoms with Gasteiger partial charge in [-0.1, -0.05) is 109 Å². The second-order valence-electron chi connectivity index (χ2n) is 11.3. The highest BCUT2D eigenvalue weighted by Crippen LogP contribution is 2.56. The molecule has 0 amide bonds. The maximum Gasteiger partial charge on any atom is 0.203 e. The lowest BCUT2D eigenvalue weighted by atomic mass is 9.84. The van der Waals surface area contributed by atoms with Gasteiger partial charge in [-0.15, -0.1) is 0 Å². The number of hydrogen-bond donors (Lipinski definition) is 0. The van der Waals surface area contributed by atoms with Crippen LogP contribution < -0.4 is 10.6 Å². The predicted molar refractivity (Wildman–Crippen MR) is 162 cm³/mol. The monoisotopic (exact) mass is 530 g/mol. The van der Waals surface area contributed by atoms with Crippen molar-refractivity contribution in [2.45, 2.75) is 50.7 Å². The van der Waals surface area contributed by atoms with Gasteiger partial charge in [0.05, 0.1) is 6.04 Å². The Morgan fingerprint density at radius 3 is 1.82 bits per heavy atom. The minimum Gasteiger partial charge on any atom is -0.476 e. The van der Waals surface area contributed by atoms with Crippen LogP contribution in [-0.2, 0) is 10.3 Å². The first-order valence-electron chi connectivity index (χ1n) is 14.2. The van der Waals surface area contributed by atoms with Gasteiger partial charge in [-0.05, 0) is 71.9 Å². The van der Waals surface area contributed by atoms with Crippen LogP contribution in [0.3, 0.4) is 0 Å². The Morgan fingerprint density at radius 1 is 0.718 bits per heavy atom. The lowest BCUT2D eigenvalue weighted by molar-refractivity contribution is 0.236. The molecule has 0 spiro atoms. The van der Waals surface area contributed by atoms with Crippen molar-refractivity contribution < 1.29 is 4.74 Å². The van der Waals surface area contributed by atoms with E-state index in [0.717, 1.165) is 5.90 Å². The topological polar surface area (TPSA) is 24.8 Å². The molecule has 3 aliphatic rings. The van der Waals surface area contributed by atoms with Crippen LogP contribution in [-0.4, -0.2) is 29.3 Å². The number of piperidine rings is 1. The Kier molecular flexibility index (Phi) is 6.38. The van der Waals surface area contributed by atoms with Crippen LogP contribution in [0.1, 0.15) is 41.5 Å². The molecule has 0 N–H and O–H groups in total. The third kappa shape index (κ3) is 4.15. The molecule has 0 aromatic heterocycles. The number of aryl methyl sites for hydroxylation is 2. The summed E-state index contributed by atoms with van der Waals surface area (Å²) in [5.74, 6) is 1.51. The third-order valence-electron chi connectivity index (χ3n) is 8.96. The summed E-state index contributed by atoms with van der Waals surface area (Å²) >= 11 is 0. The van der Waals surface area contributed by atoms with Crippen molar-refractivity contribution in [3.8, 4) is 0 Å². The SMILES string of the molecule is Cc1ccccc1P(c1ccccc1C)N1[C@H]2CC[C@H](C2)[C@@H]1C1=NC(c2ccccc2)(c2ccccc2)CO1. The summed E-state index contributed by atoms with van der Waals surface area (Å²) in [5.41, 5.74) is 4.61. The molecule has 1 saturated heterocycles. The van der Waals surface area contributed by atoms with Gasteiger partial charge in [0, 0.05) is 14.1 Å². The van der Waals surface area contributed by atoms with Crippen molar-refractivity contribution in [1.82, 2.24) is 4.67 Å². The Hall–Kier alpha value is -3.26. The van der Waals surface area contributed by atoms with Gasteiger partial charge in [-0.3, -0.25) is 4.67 Å². The van der Waals surface area contributed by atoms with Crippen LogP contribution in [0.5, 0.6) is 0 Å². The zero-order chi connectivity index (χ0) is 26.4. The Bertz CT molecular complexity index is 1420. The molecule has 4 heteroatoms. The van der Waals surface area contributed by atoms with Crippen LogP contribution in [0, 0.1) is 19.8 Å². The highest BCUT2D eigenvalue weighted by atomic mass is 31.1. The smallest absolute Gasteiger partial charge is 0.203 e. The first-order chi connectivity index (χ1) is 19.2. The molecule has 2 heterocycles. The van der Waals surface area contributed by atoms with E-state index in [-0.39, 0.29) is 6.04 Å². The Morgan fingerprint density at radius 2 is 1.26 bits per heavy atom. The zero-order valence-electron chi connectivity index (χ0n) is 22.7. The first kappa shape index (κ1) is 24.8. The predicted octanol–water partition coefficient (Wildman–Crippen LogP) is 6.88. The molecule has 0 radical (unpaired) electrons. The van der Waals surface area contributed by atoms with Gasteiger partial charge in [0.1, 0.15) is 12.1 Å². The lowest BCUT2D eigenvalue weighted by Crippen LogP contribution is -2.46. The number of rotatable bonds is 6. The summed E-state index contributed by atoms with van der Waals surface area (Å²) in [7, 11) is -0.731. The van der Waals surface area contributed by atoms with Gasteiger partial charge in [0.15, 0.2) is 0 Å². The summed E-state index contributed by atoms with van der Waals surface area (Å²) in [6.07, 6.45) is 3.74. The van der Waals surface area contributed by atoms with Crippen LogP contribution in [0.2, 0.25) is 0 Å². The molecular formula is C35H35N2OP. The number of ether oxygens (including phenoxy) is 1. The maximum absolute atomic E-state index is 6.75. The standard InChI is InChI=1S/C35H35N2OP/c1-25-13-9-11-19-31(25)39(32-20-12-10-14-26(32)2)37-30-22-21-27(23-30)33(37)34-36-35(24-38-34,28-15-5-3-6-16-28)29-17-7-4-8-18-29/h3-20,27,30,33H,21-24H2,1-2H3/t27-,30+,33-/m1/s1. The normalized spacial score (nSPS) is 23.7. The average Bonchev–Trinajstić information content (AvgIpc) is 3.72. The van der Waals surface area contributed by atoms with Crippen molar-refractivity contribution in [3.05, 3.63) is 131 Å². The van der Waals surface area contributed by atoms with E-state index in [0.29, 0.717) is 18.6 Å². The fourth-order valence-electron chi connectivity index (χ4n) is 7.02. The molecule has 39 heavy (non-hydrogen) atoms. The van der Waals surface area contributed by atoms with E-state index in [4.69, 9.17) is 9.73 Å². The van der Waals surface area contributed by atoms with Crippen molar-refractivity contribution in [2.75, 3.05) is 6.61 Å². The van der Waals surface area contributed by atoms with E-state index in [1.807, 2.05) is 0 Å². The minimum absolute atomic E-state index is 0.198. The molecule has 3 atom stereocenters. The summed E-state index contributed by atoms with van der Waals surface area (Å²) in [6.45, 7) is 5.09. The van der Waals surface area contributed by atoms with Gasteiger partial charge in [0.25, 0.3) is 0 Å². The highest BCUT2D eigenvalue weighted by molar-refractivity contribution is 7.71. The quantitative estimate of drug-likeness (QED) is 0.254. The second kappa shape index (κ2) is 10.0. The third-order valence-corrected chi connectivity index (χ3v) is 11.9. The van der Waals surface area contributed by atoms with E-state index in [1.165, 1.54) is 52.1 Å². The highest BCUT2D eigenvalue weighted by Gasteiger charge is 2.55. The van der Waals surface area contributed by atoms with Gasteiger partial charge in [0.2, 0.25) is 5.90 Å². The van der Waals surface area contributed by atoms with E-state index < -0.39 is 13.6 Å². The Balaban J connectivity index is 1.38. The van der Waals surface area contributed by atoms with Crippen molar-refractivity contribution in [2.24, 2.45) is 10.9 Å². The van der Waals surface area contributed by atoms with Crippen LogP contribution in [0.4, 0.5) is 0 Å². The lowest BCUT2D eigenvalue weighted by Gasteiger charge is -2.41. The molecule has 1 saturated carbocycles. The fourth-order valence-corrected chi connectivity index (χ4v) is 10.1. The second-order valence-corrected chi connectivity index (χ2v) is 13.3. The zero-order valence-corrected chi connectivity index (χ0v) is 23.6. The first-order valence-corrected chi connectivity index (χ1v) is 15.5. The maximum atomic E-state index is 6.75. The van der Waals surface area contributed by atoms with E-state index in [9.17, 15) is 0 Å². The summed E-state index contributed by atoms with van der Waals surface area (Å²) in [4.78, 5) is 5.59. The molecule has 4 aromatic carbocycles. The number of aliphatic imine (C=N–C) groups is 1. The van der Waals surface area contributed by atoms with Gasteiger partial charge in [-0.2, -0.15) is 0 Å². The molecule has 196 valence electrons. The molecule has 2 bridgehead atoms. The van der Waals surface area contributed by atoms with E-state index in [1.54, 1.807) is 0 Å². The molecule has 3 nitrogen and oxygen atoms in total. The summed E-state index contributed by atoms with van der Waals surface area (Å²) < 4.78 is 9.59. The minimum atomic E-state index is -0.731. The molecule has 7 rings (SSSR count). The van der Waals surface area contributed by atoms with Gasteiger partial charge in [-0.25, -0.2) is 4.99 Å². The molecule has 2 fully saturated rings. The summed E-state index contributed by atoms with van der Waals surface area (Å²) in [5, 5.41) is 2.91. The number of fused-ring (bicyclic) bond motifs is 2. The molecule has 0 unspecified atom stereocenters. The Labute approximate surface area is 233 Å². The van der Waals surface area contributed by atoms with Crippen molar-refractivity contribution >= 4 is 24.6 Å². The average molecular weight is 531 g/mol. The van der Waals surface area contributed by atoms with Gasteiger partial charge < -0.3 is 4.74 Å². The largest absolute Gasteiger partial charge is 0.476 e. The molecule has 4 aromatic rings. The van der Waals surface area contributed by atoms with Crippen molar-refractivity contribution in [3.63, 3.8) is 0 Å². The van der Waals surface area contributed by atoms with Crippen LogP contribution in [0.15, 0.2) is 114 Å². The van der Waals surface area contributed by atoms with E-state index >= 15 is 0 Å². The van der Waals surface area contributed by atoms with Crippen LogP contribution in [0.25, 0.3) is 0 Å². The van der Waals surface area contributed by atoms with Crippen LogP contribution >= 0.6 is 8.07 Å². The molecular weight excluding hydrogens is 495 g/mol. The van der Waals surface area contributed by atoms with E-state index in [2.05, 4.69) is 128 Å². The summed E-state index contributed by atoms with van der Waals surface area (Å²) in [6, 6.07) is 40.2. The molecule has 1 aliphatic carbocycles. The molecule has 2 aliphatic heterocycles. The number of benzene rings is 4. The number of hydrogen-bond acceptors (Lipinski definition) is 3. The number of nitrogens with zero attached hydrogens (tertiary/aromatic N) is 2.